The van der Waals surface area contributed by atoms with Gasteiger partial charge < -0.3 is 10.6 Å². The fourth-order valence-electron chi connectivity index (χ4n) is 4.10. The number of nitrogens with one attached hydrogen (secondary N) is 2. The zero-order valence-electron chi connectivity index (χ0n) is 21.6. The predicted molar refractivity (Wildman–Crippen MR) is 163 cm³/mol. The van der Waals surface area contributed by atoms with Gasteiger partial charge >= 0.3 is 0 Å². The van der Waals surface area contributed by atoms with E-state index in [-0.39, 0.29) is 0 Å². The highest BCUT2D eigenvalue weighted by Crippen LogP contribution is 2.23. The zero-order valence-corrected chi connectivity index (χ0v) is 21.6. The minimum atomic E-state index is 0.918. The average molecular weight is 495 g/mol. The number of hydrogen-bond donors (Lipinski definition) is 2. The van der Waals surface area contributed by atoms with Gasteiger partial charge in [0.15, 0.2) is 0 Å². The van der Waals surface area contributed by atoms with Gasteiger partial charge in [0.25, 0.3) is 0 Å². The predicted octanol–water partition coefficient (Wildman–Crippen LogP) is 9.46. The first-order valence-corrected chi connectivity index (χ1v) is 12.7. The van der Waals surface area contributed by atoms with Crippen molar-refractivity contribution in [1.29, 1.82) is 0 Å². The van der Waals surface area contributed by atoms with Gasteiger partial charge in [-0.25, -0.2) is 0 Å². The molecule has 0 saturated carbocycles. The van der Waals surface area contributed by atoms with Crippen molar-refractivity contribution in [2.45, 2.75) is 13.8 Å². The zero-order chi connectivity index (χ0) is 26.2. The first kappa shape index (κ1) is 24.7. The smallest absolute Gasteiger partial charge is 0.0634 e. The highest BCUT2D eigenvalue weighted by molar-refractivity contribution is 6.05. The van der Waals surface area contributed by atoms with Crippen LogP contribution >= 0.6 is 0 Å². The Bertz CT molecular complexity index is 1420. The summed E-state index contributed by atoms with van der Waals surface area (Å²) in [6.07, 6.45) is 0. The number of rotatable bonds is 8. The Balaban J connectivity index is 1.27. The molecule has 5 rings (SSSR count). The molecule has 4 heteroatoms. The standard InChI is InChI=1S/C34H30N4/c1-25(35-31-16-20-33(21-17-31)37-29-12-5-3-6-13-29)27-10-9-11-28(24-27)26(2)36-32-18-22-34(23-19-32)38-30-14-7-4-8-15-30/h3-24,37-38H,1-2H3/b35-25+,36-26+. The second-order valence-corrected chi connectivity index (χ2v) is 9.05. The van der Waals surface area contributed by atoms with Crippen molar-refractivity contribution in [2.75, 3.05) is 10.6 Å². The Morgan fingerprint density at radius 2 is 0.789 bits per heavy atom. The molecule has 0 aliphatic rings. The molecule has 4 nitrogen and oxygen atoms in total. The first-order valence-electron chi connectivity index (χ1n) is 12.7. The van der Waals surface area contributed by atoms with Crippen molar-refractivity contribution in [2.24, 2.45) is 9.98 Å². The molecule has 0 heterocycles. The van der Waals surface area contributed by atoms with E-state index in [1.54, 1.807) is 0 Å². The van der Waals surface area contributed by atoms with E-state index in [1.165, 1.54) is 0 Å². The normalized spacial score (nSPS) is 11.7. The van der Waals surface area contributed by atoms with Crippen molar-refractivity contribution < 1.29 is 0 Å². The minimum absolute atomic E-state index is 0.918. The van der Waals surface area contributed by atoms with Crippen LogP contribution in [0.2, 0.25) is 0 Å². The molecule has 0 radical (unpaired) electrons. The SMILES string of the molecule is C/C(=N\c1ccc(Nc2ccccc2)cc1)c1cccc(/C(C)=N/c2ccc(Nc3ccccc3)cc2)c1. The number of hydrogen-bond acceptors (Lipinski definition) is 4. The lowest BCUT2D eigenvalue weighted by Crippen LogP contribution is -1.99. The summed E-state index contributed by atoms with van der Waals surface area (Å²) < 4.78 is 0. The maximum atomic E-state index is 4.85. The summed E-state index contributed by atoms with van der Waals surface area (Å²) >= 11 is 0. The highest BCUT2D eigenvalue weighted by Gasteiger charge is 2.04. The molecule has 0 aliphatic heterocycles. The van der Waals surface area contributed by atoms with Crippen LogP contribution in [0.25, 0.3) is 0 Å². The van der Waals surface area contributed by atoms with E-state index >= 15 is 0 Å². The molecule has 0 aromatic heterocycles. The Hall–Kier alpha value is -4.96. The van der Waals surface area contributed by atoms with Crippen LogP contribution in [-0.2, 0) is 0 Å². The Labute approximate surface area is 224 Å². The van der Waals surface area contributed by atoms with Gasteiger partial charge in [-0.3, -0.25) is 9.98 Å². The van der Waals surface area contributed by atoms with Gasteiger partial charge in [0.05, 0.1) is 11.4 Å². The fourth-order valence-corrected chi connectivity index (χ4v) is 4.10. The van der Waals surface area contributed by atoms with Crippen molar-refractivity contribution in [3.63, 3.8) is 0 Å². The largest absolute Gasteiger partial charge is 0.356 e. The minimum Gasteiger partial charge on any atom is -0.356 e. The van der Waals surface area contributed by atoms with Gasteiger partial charge in [0, 0.05) is 34.2 Å². The lowest BCUT2D eigenvalue weighted by molar-refractivity contribution is 1.44. The van der Waals surface area contributed by atoms with Gasteiger partial charge in [-0.2, -0.15) is 0 Å². The van der Waals surface area contributed by atoms with Gasteiger partial charge in [-0.1, -0.05) is 54.6 Å². The van der Waals surface area contributed by atoms with Crippen LogP contribution in [0.15, 0.2) is 143 Å². The number of aliphatic imine (C=N–C) groups is 2. The summed E-state index contributed by atoms with van der Waals surface area (Å²) in [7, 11) is 0. The number of nitrogens with zero attached hydrogens (tertiary/aromatic N) is 2. The molecule has 2 N–H and O–H groups in total. The average Bonchev–Trinajstić information content (AvgIpc) is 2.96. The lowest BCUT2D eigenvalue weighted by atomic mass is 10.0. The van der Waals surface area contributed by atoms with Crippen molar-refractivity contribution in [3.05, 3.63) is 145 Å². The van der Waals surface area contributed by atoms with E-state index < -0.39 is 0 Å². The number of benzene rings is 5. The highest BCUT2D eigenvalue weighted by atomic mass is 14.9. The van der Waals surface area contributed by atoms with E-state index in [0.717, 1.165) is 56.7 Å². The Kier molecular flexibility index (Phi) is 7.71. The van der Waals surface area contributed by atoms with Gasteiger partial charge in [-0.15, -0.1) is 0 Å². The van der Waals surface area contributed by atoms with E-state index in [4.69, 9.17) is 9.98 Å². The van der Waals surface area contributed by atoms with E-state index in [9.17, 15) is 0 Å². The Morgan fingerprint density at radius 1 is 0.421 bits per heavy atom. The van der Waals surface area contributed by atoms with Gasteiger partial charge in [0.2, 0.25) is 0 Å². The summed E-state index contributed by atoms with van der Waals surface area (Å²) in [6.45, 7) is 4.08. The molecule has 0 aliphatic carbocycles. The monoisotopic (exact) mass is 494 g/mol. The third kappa shape index (κ3) is 6.62. The summed E-state index contributed by atoms with van der Waals surface area (Å²) in [6, 6.07) is 45.0. The maximum absolute atomic E-state index is 4.85. The molecule has 0 unspecified atom stereocenters. The fraction of sp³-hybridized carbons (Fsp3) is 0.0588. The number of anilines is 4. The number of para-hydroxylation sites is 2. The van der Waals surface area contributed by atoms with E-state index in [1.807, 2.05) is 123 Å². The summed E-state index contributed by atoms with van der Waals surface area (Å²) in [4.78, 5) is 9.70. The van der Waals surface area contributed by atoms with Crippen molar-refractivity contribution >= 4 is 45.5 Å². The molecule has 0 amide bonds. The molecule has 186 valence electrons. The topological polar surface area (TPSA) is 48.8 Å². The molecule has 0 spiro atoms. The van der Waals surface area contributed by atoms with E-state index in [0.29, 0.717) is 0 Å². The molecular weight excluding hydrogens is 464 g/mol. The summed E-state index contributed by atoms with van der Waals surface area (Å²) in [5.74, 6) is 0. The Morgan fingerprint density at radius 3 is 1.18 bits per heavy atom. The van der Waals surface area contributed by atoms with Crippen LogP contribution in [0.3, 0.4) is 0 Å². The van der Waals surface area contributed by atoms with Crippen molar-refractivity contribution in [3.8, 4) is 0 Å². The third-order valence-electron chi connectivity index (χ3n) is 6.15. The van der Waals surface area contributed by atoms with Crippen LogP contribution in [-0.4, -0.2) is 11.4 Å². The molecule has 5 aromatic carbocycles. The molecule has 5 aromatic rings. The molecule has 0 fully saturated rings. The second-order valence-electron chi connectivity index (χ2n) is 9.05. The quantitative estimate of drug-likeness (QED) is 0.211. The van der Waals surface area contributed by atoms with Gasteiger partial charge in [0.1, 0.15) is 0 Å². The van der Waals surface area contributed by atoms with Crippen LogP contribution in [0.4, 0.5) is 34.1 Å². The summed E-state index contributed by atoms with van der Waals surface area (Å²) in [5, 5.41) is 6.81. The second kappa shape index (κ2) is 11.8. The van der Waals surface area contributed by atoms with E-state index in [2.05, 4.69) is 34.9 Å². The van der Waals surface area contributed by atoms with Crippen LogP contribution < -0.4 is 10.6 Å². The molecule has 0 bridgehead atoms. The molecule has 0 saturated heterocycles. The molecular formula is C34H30N4. The van der Waals surface area contributed by atoms with Crippen LogP contribution in [0.1, 0.15) is 25.0 Å². The lowest BCUT2D eigenvalue weighted by Gasteiger charge is -2.08. The molecule has 0 atom stereocenters. The van der Waals surface area contributed by atoms with Crippen LogP contribution in [0, 0.1) is 0 Å². The third-order valence-corrected chi connectivity index (χ3v) is 6.15. The maximum Gasteiger partial charge on any atom is 0.0634 e. The van der Waals surface area contributed by atoms with Crippen LogP contribution in [0.5, 0.6) is 0 Å². The first-order chi connectivity index (χ1) is 18.6. The summed E-state index contributed by atoms with van der Waals surface area (Å²) in [5.41, 5.74) is 10.1. The molecule has 38 heavy (non-hydrogen) atoms. The van der Waals surface area contributed by atoms with Crippen molar-refractivity contribution in [1.82, 2.24) is 0 Å². The van der Waals surface area contributed by atoms with Gasteiger partial charge in [-0.05, 0) is 104 Å².